The predicted molar refractivity (Wildman–Crippen MR) is 165 cm³/mol. The molecule has 0 aliphatic carbocycles. The molecule has 2 aromatic carbocycles. The lowest BCUT2D eigenvalue weighted by Gasteiger charge is -2.27. The number of rotatable bonds is 16. The maximum atomic E-state index is 13.0. The zero-order valence-corrected chi connectivity index (χ0v) is 26.9. The number of Topliss-reactive ketones (excluding diaryl/α,β-unsaturated/α-hetero) is 1. The second-order valence-electron chi connectivity index (χ2n) is 10.3. The molecule has 0 radical (unpaired) electrons. The molecule has 0 heterocycles. The molecular formula is C31H37Cl2N3O9. The molecule has 3 N–H and O–H groups in total. The van der Waals surface area contributed by atoms with Crippen molar-refractivity contribution in [2.45, 2.75) is 52.8 Å². The number of nitrogens with one attached hydrogen (secondary N) is 3. The Morgan fingerprint density at radius 2 is 1.47 bits per heavy atom. The van der Waals surface area contributed by atoms with Crippen LogP contribution in [0.3, 0.4) is 0 Å². The van der Waals surface area contributed by atoms with Gasteiger partial charge in [-0.3, -0.25) is 19.2 Å². The van der Waals surface area contributed by atoms with Gasteiger partial charge < -0.3 is 30.2 Å². The highest BCUT2D eigenvalue weighted by Crippen LogP contribution is 2.25. The summed E-state index contributed by atoms with van der Waals surface area (Å²) in [5, 5.41) is 7.54. The third-order valence-electron chi connectivity index (χ3n) is 6.45. The highest BCUT2D eigenvalue weighted by atomic mass is 35.5. The van der Waals surface area contributed by atoms with Gasteiger partial charge in [-0.1, -0.05) is 73.4 Å². The quantitative estimate of drug-likeness (QED) is 0.178. The minimum atomic E-state index is -1.43. The van der Waals surface area contributed by atoms with Crippen molar-refractivity contribution in [3.63, 3.8) is 0 Å². The summed E-state index contributed by atoms with van der Waals surface area (Å²) in [4.78, 5) is 75.6. The van der Waals surface area contributed by atoms with E-state index in [4.69, 9.17) is 37.4 Å². The lowest BCUT2D eigenvalue weighted by atomic mass is 9.88. The SMILES string of the molecule is CCOC(=O)C[C@H](NC(=O)CNC(=O)[C@H](C(C)C)[C@H](C)NC(=O)OCc1ccccc1)C(=O)COC(=O)c1c(Cl)cccc1Cl. The van der Waals surface area contributed by atoms with Crippen LogP contribution in [0.25, 0.3) is 0 Å². The summed E-state index contributed by atoms with van der Waals surface area (Å²) in [6.07, 6.45) is -1.25. The maximum Gasteiger partial charge on any atom is 0.407 e. The number of ether oxygens (including phenoxy) is 3. The van der Waals surface area contributed by atoms with Gasteiger partial charge >= 0.3 is 18.0 Å². The number of esters is 2. The van der Waals surface area contributed by atoms with Gasteiger partial charge in [0.15, 0.2) is 12.4 Å². The van der Waals surface area contributed by atoms with Crippen LogP contribution in [0.5, 0.6) is 0 Å². The molecular weight excluding hydrogens is 629 g/mol. The van der Waals surface area contributed by atoms with Crippen LogP contribution in [-0.4, -0.2) is 67.5 Å². The van der Waals surface area contributed by atoms with Crippen LogP contribution in [-0.2, 0) is 40.0 Å². The number of alkyl carbamates (subject to hydrolysis) is 1. The van der Waals surface area contributed by atoms with Crippen LogP contribution in [0.4, 0.5) is 4.79 Å². The molecule has 0 aliphatic rings. The van der Waals surface area contributed by atoms with E-state index in [9.17, 15) is 28.8 Å². The Balaban J connectivity index is 1.97. The minimum absolute atomic E-state index is 0.0142. The molecule has 2 rings (SSSR count). The van der Waals surface area contributed by atoms with Gasteiger partial charge in [0.05, 0.1) is 41.1 Å². The van der Waals surface area contributed by atoms with Crippen LogP contribution < -0.4 is 16.0 Å². The van der Waals surface area contributed by atoms with E-state index in [-0.39, 0.29) is 34.7 Å². The molecule has 0 bridgehead atoms. The van der Waals surface area contributed by atoms with Crippen molar-refractivity contribution < 1.29 is 43.0 Å². The third-order valence-corrected chi connectivity index (χ3v) is 7.08. The first-order valence-electron chi connectivity index (χ1n) is 14.2. The van der Waals surface area contributed by atoms with Crippen molar-refractivity contribution >= 4 is 58.8 Å². The summed E-state index contributed by atoms with van der Waals surface area (Å²) < 4.78 is 15.2. The number of amides is 3. The van der Waals surface area contributed by atoms with Gasteiger partial charge in [0.25, 0.3) is 0 Å². The summed E-state index contributed by atoms with van der Waals surface area (Å²) in [6, 6.07) is 11.4. The van der Waals surface area contributed by atoms with Gasteiger partial charge in [-0.2, -0.15) is 0 Å². The molecule has 0 saturated carbocycles. The van der Waals surface area contributed by atoms with Crippen molar-refractivity contribution in [3.05, 3.63) is 69.7 Å². The van der Waals surface area contributed by atoms with Crippen molar-refractivity contribution in [2.75, 3.05) is 19.8 Å². The first kappa shape index (κ1) is 37.0. The first-order valence-corrected chi connectivity index (χ1v) is 14.9. The van der Waals surface area contributed by atoms with Crippen LogP contribution in [0, 0.1) is 11.8 Å². The topological polar surface area (TPSA) is 166 Å². The number of benzene rings is 2. The third kappa shape index (κ3) is 12.4. The molecule has 0 spiro atoms. The van der Waals surface area contributed by atoms with Crippen molar-refractivity contribution in [2.24, 2.45) is 11.8 Å². The Morgan fingerprint density at radius 1 is 0.822 bits per heavy atom. The normalized spacial score (nSPS) is 12.7. The lowest BCUT2D eigenvalue weighted by molar-refractivity contribution is -0.146. The molecule has 0 aliphatic heterocycles. The van der Waals surface area contributed by atoms with Gasteiger partial charge in [-0.05, 0) is 37.5 Å². The Morgan fingerprint density at radius 3 is 2.07 bits per heavy atom. The smallest absolute Gasteiger partial charge is 0.407 e. The summed E-state index contributed by atoms with van der Waals surface area (Å²) in [6.45, 7) is 5.50. The Labute approximate surface area is 271 Å². The number of halogens is 2. The molecule has 0 saturated heterocycles. The fraction of sp³-hybridized carbons (Fsp3) is 0.419. The molecule has 45 heavy (non-hydrogen) atoms. The number of carbonyl (C=O) groups is 6. The Bertz CT molecular complexity index is 1330. The van der Waals surface area contributed by atoms with E-state index in [0.29, 0.717) is 0 Å². The molecule has 14 heteroatoms. The number of ketones is 1. The van der Waals surface area contributed by atoms with Crippen molar-refractivity contribution in [1.82, 2.24) is 16.0 Å². The molecule has 244 valence electrons. The van der Waals surface area contributed by atoms with E-state index in [1.165, 1.54) is 18.2 Å². The number of hydrogen-bond acceptors (Lipinski definition) is 9. The van der Waals surface area contributed by atoms with Crippen LogP contribution in [0.2, 0.25) is 10.0 Å². The Hall–Kier alpha value is -4.16. The van der Waals surface area contributed by atoms with Crippen molar-refractivity contribution in [1.29, 1.82) is 0 Å². The first-order chi connectivity index (χ1) is 21.3. The lowest BCUT2D eigenvalue weighted by Crippen LogP contribution is -2.51. The van der Waals surface area contributed by atoms with Gasteiger partial charge in [0.2, 0.25) is 11.8 Å². The molecule has 2 aromatic rings. The Kier molecular flexibility index (Phi) is 15.3. The van der Waals surface area contributed by atoms with Gasteiger partial charge in [-0.15, -0.1) is 0 Å². The van der Waals surface area contributed by atoms with E-state index < -0.39 is 73.2 Å². The average molecular weight is 667 g/mol. The van der Waals surface area contributed by atoms with E-state index in [1.807, 2.05) is 18.2 Å². The average Bonchev–Trinajstić information content (AvgIpc) is 2.98. The standard InChI is InChI=1S/C31H37Cl2N3O9/c1-5-43-26(39)14-23(24(37)17-44-30(41)28-21(32)12-9-13-22(28)33)36-25(38)15-34-29(40)27(18(2)3)19(4)35-31(42)45-16-20-10-7-6-8-11-20/h6-13,18-19,23,27H,5,14-17H2,1-4H3,(H,34,40)(H,35,42)(H,36,38)/t19-,23-,27+/m0/s1. The van der Waals surface area contributed by atoms with Crippen molar-refractivity contribution in [3.8, 4) is 0 Å². The zero-order chi connectivity index (χ0) is 33.5. The van der Waals surface area contributed by atoms with E-state index >= 15 is 0 Å². The second kappa shape index (κ2) is 18.6. The molecule has 0 unspecified atom stereocenters. The minimum Gasteiger partial charge on any atom is -0.466 e. The fourth-order valence-corrected chi connectivity index (χ4v) is 4.86. The molecule has 3 atom stereocenters. The van der Waals surface area contributed by atoms with E-state index in [0.717, 1.165) is 5.56 Å². The molecule has 3 amide bonds. The van der Waals surface area contributed by atoms with Crippen LogP contribution >= 0.6 is 23.2 Å². The highest BCUT2D eigenvalue weighted by molar-refractivity contribution is 6.39. The summed E-state index contributed by atoms with van der Waals surface area (Å²) in [5.41, 5.74) is 0.655. The molecule has 0 aromatic heterocycles. The number of carbonyl (C=O) groups excluding carboxylic acids is 6. The predicted octanol–water partition coefficient (Wildman–Crippen LogP) is 3.86. The van der Waals surface area contributed by atoms with Gasteiger partial charge in [0, 0.05) is 6.04 Å². The van der Waals surface area contributed by atoms with Crippen LogP contribution in [0.1, 0.15) is 50.0 Å². The highest BCUT2D eigenvalue weighted by Gasteiger charge is 2.31. The van der Waals surface area contributed by atoms with E-state index in [1.54, 1.807) is 39.8 Å². The second-order valence-corrected chi connectivity index (χ2v) is 11.1. The van der Waals surface area contributed by atoms with Gasteiger partial charge in [0.1, 0.15) is 12.6 Å². The van der Waals surface area contributed by atoms with E-state index in [2.05, 4.69) is 16.0 Å². The number of hydrogen-bond donors (Lipinski definition) is 3. The summed E-state index contributed by atoms with van der Waals surface area (Å²) >= 11 is 12.0. The van der Waals surface area contributed by atoms with Crippen LogP contribution in [0.15, 0.2) is 48.5 Å². The summed E-state index contributed by atoms with van der Waals surface area (Å²) in [5.74, 6) is -4.87. The largest absolute Gasteiger partial charge is 0.466 e. The zero-order valence-electron chi connectivity index (χ0n) is 25.4. The summed E-state index contributed by atoms with van der Waals surface area (Å²) in [7, 11) is 0. The monoisotopic (exact) mass is 665 g/mol. The maximum absolute atomic E-state index is 13.0. The molecule has 0 fully saturated rings. The molecule has 12 nitrogen and oxygen atoms in total. The fourth-order valence-electron chi connectivity index (χ4n) is 4.31. The van der Waals surface area contributed by atoms with Gasteiger partial charge in [-0.25, -0.2) is 9.59 Å².